The number of carbonyl (C=O) groups is 2. The highest BCUT2D eigenvalue weighted by molar-refractivity contribution is 7.17. The van der Waals surface area contributed by atoms with E-state index in [-0.39, 0.29) is 18.9 Å². The van der Waals surface area contributed by atoms with Crippen LogP contribution in [0.5, 0.6) is 0 Å². The maximum atomic E-state index is 12.9. The predicted molar refractivity (Wildman–Crippen MR) is 85.8 cm³/mol. The van der Waals surface area contributed by atoms with Crippen LogP contribution in [0.15, 0.2) is 18.5 Å². The highest BCUT2D eigenvalue weighted by atomic mass is 32.1. The summed E-state index contributed by atoms with van der Waals surface area (Å²) in [6, 6.07) is 1.24. The molecular formula is C15H16N4O4S. The summed E-state index contributed by atoms with van der Waals surface area (Å²) in [4.78, 5) is 38.6. The van der Waals surface area contributed by atoms with E-state index in [9.17, 15) is 9.59 Å². The number of hydrogen-bond donors (Lipinski definition) is 1. The van der Waals surface area contributed by atoms with Crippen molar-refractivity contribution in [3.05, 3.63) is 29.0 Å². The number of carboxylic acid groups (broad SMARTS) is 1. The van der Waals surface area contributed by atoms with Gasteiger partial charge in [-0.15, -0.1) is 11.3 Å². The van der Waals surface area contributed by atoms with Gasteiger partial charge < -0.3 is 14.7 Å². The maximum Gasteiger partial charge on any atom is 0.305 e. The van der Waals surface area contributed by atoms with Gasteiger partial charge in [0.1, 0.15) is 4.88 Å². The van der Waals surface area contributed by atoms with Crippen LogP contribution in [0.2, 0.25) is 0 Å². The molecule has 2 aromatic heterocycles. The molecule has 1 aliphatic rings. The lowest BCUT2D eigenvalue weighted by atomic mass is 10.1. The van der Waals surface area contributed by atoms with Gasteiger partial charge in [-0.25, -0.2) is 15.0 Å². The van der Waals surface area contributed by atoms with Crippen molar-refractivity contribution in [1.29, 1.82) is 0 Å². The second kappa shape index (κ2) is 7.02. The van der Waals surface area contributed by atoms with Crippen LogP contribution in [-0.2, 0) is 9.53 Å². The summed E-state index contributed by atoms with van der Waals surface area (Å²) in [5.41, 5.74) is 0.591. The van der Waals surface area contributed by atoms with Crippen molar-refractivity contribution in [2.24, 2.45) is 0 Å². The summed E-state index contributed by atoms with van der Waals surface area (Å²) in [5.74, 6) is -0.710. The average Bonchev–Trinajstić information content (AvgIpc) is 2.97. The van der Waals surface area contributed by atoms with Gasteiger partial charge in [-0.1, -0.05) is 0 Å². The number of carbonyl (C=O) groups excluding carboxylic acids is 1. The Balaban J connectivity index is 1.86. The quantitative estimate of drug-likeness (QED) is 0.885. The Kier molecular flexibility index (Phi) is 4.81. The largest absolute Gasteiger partial charge is 0.481 e. The van der Waals surface area contributed by atoms with Crippen molar-refractivity contribution in [2.45, 2.75) is 19.4 Å². The topological polar surface area (TPSA) is 106 Å². The molecule has 1 fully saturated rings. The standard InChI is InChI=1S/C15H16N4O4S/c1-9-12(24-14(18-9)13-16-3-2-4-17-13)15(22)19-5-6-23-8-10(19)7-11(20)21/h2-4,10H,5-8H2,1H3,(H,20,21). The van der Waals surface area contributed by atoms with Crippen LogP contribution in [-0.4, -0.2) is 62.6 Å². The Morgan fingerprint density at radius 2 is 2.17 bits per heavy atom. The van der Waals surface area contributed by atoms with Gasteiger partial charge in [0.25, 0.3) is 5.91 Å². The SMILES string of the molecule is Cc1nc(-c2ncccn2)sc1C(=O)N1CCOCC1CC(=O)O. The van der Waals surface area contributed by atoms with E-state index in [4.69, 9.17) is 9.84 Å². The summed E-state index contributed by atoms with van der Waals surface area (Å²) in [6.45, 7) is 2.74. The molecule has 1 aliphatic heterocycles. The molecule has 0 bridgehead atoms. The van der Waals surface area contributed by atoms with Crippen LogP contribution in [0.4, 0.5) is 0 Å². The molecule has 2 aromatic rings. The number of hydrogen-bond acceptors (Lipinski definition) is 7. The molecule has 1 atom stereocenters. The van der Waals surface area contributed by atoms with Gasteiger partial charge in [-0.05, 0) is 13.0 Å². The Bertz CT molecular complexity index is 749. The minimum Gasteiger partial charge on any atom is -0.481 e. The number of rotatable bonds is 4. The van der Waals surface area contributed by atoms with E-state index in [1.807, 2.05) is 0 Å². The Morgan fingerprint density at radius 1 is 1.42 bits per heavy atom. The van der Waals surface area contributed by atoms with E-state index in [1.54, 1.807) is 30.3 Å². The first-order chi connectivity index (χ1) is 11.6. The van der Waals surface area contributed by atoms with Crippen molar-refractivity contribution >= 4 is 23.2 Å². The average molecular weight is 348 g/mol. The van der Waals surface area contributed by atoms with Crippen LogP contribution < -0.4 is 0 Å². The molecule has 8 nitrogen and oxygen atoms in total. The number of aromatic nitrogens is 3. The molecule has 0 spiro atoms. The second-order valence-corrected chi connectivity index (χ2v) is 6.33. The molecule has 1 saturated heterocycles. The first-order valence-electron chi connectivity index (χ1n) is 7.41. The Labute approximate surface area is 142 Å². The lowest BCUT2D eigenvalue weighted by Crippen LogP contribution is -2.49. The number of thiazole rings is 1. The van der Waals surface area contributed by atoms with Gasteiger partial charge >= 0.3 is 5.97 Å². The molecule has 9 heteroatoms. The number of amides is 1. The summed E-state index contributed by atoms with van der Waals surface area (Å²) in [6.07, 6.45) is 3.09. The molecule has 1 amide bonds. The van der Waals surface area contributed by atoms with Crippen LogP contribution in [0.1, 0.15) is 21.8 Å². The Hall–Kier alpha value is -2.39. The zero-order valence-corrected chi connectivity index (χ0v) is 13.8. The van der Waals surface area contributed by atoms with E-state index in [0.29, 0.717) is 34.6 Å². The summed E-state index contributed by atoms with van der Waals surface area (Å²) >= 11 is 1.22. The van der Waals surface area contributed by atoms with E-state index < -0.39 is 12.0 Å². The molecule has 126 valence electrons. The zero-order chi connectivity index (χ0) is 17.1. The maximum absolute atomic E-state index is 12.9. The molecule has 3 rings (SSSR count). The molecule has 1 unspecified atom stereocenters. The van der Waals surface area contributed by atoms with Gasteiger partial charge in [-0.3, -0.25) is 9.59 Å². The number of aryl methyl sites for hydroxylation is 1. The third-order valence-corrected chi connectivity index (χ3v) is 4.79. The second-order valence-electron chi connectivity index (χ2n) is 5.33. The van der Waals surface area contributed by atoms with Crippen LogP contribution in [0.3, 0.4) is 0 Å². The van der Waals surface area contributed by atoms with E-state index in [0.717, 1.165) is 0 Å². The van der Waals surface area contributed by atoms with Crippen molar-refractivity contribution in [1.82, 2.24) is 19.9 Å². The minimum absolute atomic E-state index is 0.141. The number of carboxylic acids is 1. The first kappa shape index (κ1) is 16.5. The van der Waals surface area contributed by atoms with Gasteiger partial charge in [0.2, 0.25) is 0 Å². The summed E-state index contributed by atoms with van der Waals surface area (Å²) in [7, 11) is 0. The van der Waals surface area contributed by atoms with E-state index in [1.165, 1.54) is 11.3 Å². The fourth-order valence-corrected chi connectivity index (χ4v) is 3.49. The van der Waals surface area contributed by atoms with Gasteiger partial charge in [0, 0.05) is 18.9 Å². The van der Waals surface area contributed by atoms with Crippen LogP contribution in [0, 0.1) is 6.92 Å². The number of morpholine rings is 1. The Morgan fingerprint density at radius 3 is 2.88 bits per heavy atom. The molecule has 3 heterocycles. The van der Waals surface area contributed by atoms with Crippen LogP contribution in [0.25, 0.3) is 10.8 Å². The summed E-state index contributed by atoms with van der Waals surface area (Å²) in [5, 5.41) is 9.59. The monoisotopic (exact) mass is 348 g/mol. The molecule has 0 radical (unpaired) electrons. The van der Waals surface area contributed by atoms with Crippen molar-refractivity contribution in [3.8, 4) is 10.8 Å². The fraction of sp³-hybridized carbons (Fsp3) is 0.400. The normalized spacial score (nSPS) is 17.7. The molecule has 0 aliphatic carbocycles. The van der Waals surface area contributed by atoms with Crippen molar-refractivity contribution < 1.29 is 19.4 Å². The molecule has 24 heavy (non-hydrogen) atoms. The highest BCUT2D eigenvalue weighted by Gasteiger charge is 2.32. The van der Waals surface area contributed by atoms with Gasteiger partial charge in [-0.2, -0.15) is 0 Å². The van der Waals surface area contributed by atoms with Crippen molar-refractivity contribution in [2.75, 3.05) is 19.8 Å². The van der Waals surface area contributed by atoms with Gasteiger partial charge in [0.15, 0.2) is 10.8 Å². The third-order valence-electron chi connectivity index (χ3n) is 3.65. The lowest BCUT2D eigenvalue weighted by Gasteiger charge is -2.34. The van der Waals surface area contributed by atoms with Crippen molar-refractivity contribution in [3.63, 3.8) is 0 Å². The number of ether oxygens (including phenoxy) is 1. The summed E-state index contributed by atoms with van der Waals surface area (Å²) < 4.78 is 5.31. The molecule has 0 saturated carbocycles. The predicted octanol–water partition coefficient (Wildman–Crippen LogP) is 1.22. The fourth-order valence-electron chi connectivity index (χ4n) is 2.52. The van der Waals surface area contributed by atoms with Gasteiger partial charge in [0.05, 0.1) is 31.4 Å². The molecular weight excluding hydrogens is 332 g/mol. The third kappa shape index (κ3) is 3.41. The number of nitrogens with zero attached hydrogens (tertiary/aromatic N) is 4. The highest BCUT2D eigenvalue weighted by Crippen LogP contribution is 2.27. The van der Waals surface area contributed by atoms with E-state index in [2.05, 4.69) is 15.0 Å². The first-order valence-corrected chi connectivity index (χ1v) is 8.23. The molecule has 0 aromatic carbocycles. The van der Waals surface area contributed by atoms with Crippen LogP contribution >= 0.6 is 11.3 Å². The smallest absolute Gasteiger partial charge is 0.305 e. The molecule has 1 N–H and O–H groups in total. The minimum atomic E-state index is -0.956. The lowest BCUT2D eigenvalue weighted by molar-refractivity contribution is -0.139. The zero-order valence-electron chi connectivity index (χ0n) is 13.0. The number of aliphatic carboxylic acids is 1. The van der Waals surface area contributed by atoms with E-state index >= 15 is 0 Å².